The van der Waals surface area contributed by atoms with Gasteiger partial charge in [0.1, 0.15) is 0 Å². The lowest BCUT2D eigenvalue weighted by Gasteiger charge is -2.38. The monoisotopic (exact) mass is 430 g/mol. The average Bonchev–Trinajstić information content (AvgIpc) is 3.30. The van der Waals surface area contributed by atoms with Gasteiger partial charge in [-0.2, -0.15) is 0 Å². The Balaban J connectivity index is 1.62. The molecule has 0 fully saturated rings. The predicted molar refractivity (Wildman–Crippen MR) is 122 cm³/mol. The number of amides is 1. The number of thiazole rings is 1. The summed E-state index contributed by atoms with van der Waals surface area (Å²) in [6.07, 6.45) is 0.758. The van der Waals surface area contributed by atoms with E-state index in [9.17, 15) is 4.79 Å². The molecule has 31 heavy (non-hydrogen) atoms. The zero-order chi connectivity index (χ0) is 21.4. The van der Waals surface area contributed by atoms with E-state index in [4.69, 9.17) is 9.47 Å². The number of carbonyl (C=O) groups excluding carboxylic acids is 1. The molecule has 5 rings (SSSR count). The van der Waals surface area contributed by atoms with Gasteiger partial charge in [0.2, 0.25) is 0 Å². The first-order valence-electron chi connectivity index (χ1n) is 10.1. The van der Waals surface area contributed by atoms with Crippen molar-refractivity contribution in [3.8, 4) is 11.5 Å². The number of methoxy groups -OCH3 is 2. The Morgan fingerprint density at radius 2 is 1.81 bits per heavy atom. The van der Waals surface area contributed by atoms with E-state index in [2.05, 4.69) is 17.1 Å². The van der Waals surface area contributed by atoms with Crippen LogP contribution in [0.5, 0.6) is 11.5 Å². The fourth-order valence-corrected chi connectivity index (χ4v) is 5.03. The van der Waals surface area contributed by atoms with Gasteiger partial charge >= 0.3 is 0 Å². The Kier molecular flexibility index (Phi) is 5.08. The van der Waals surface area contributed by atoms with Gasteiger partial charge in [-0.3, -0.25) is 4.79 Å². The first-order chi connectivity index (χ1) is 15.2. The van der Waals surface area contributed by atoms with Gasteiger partial charge in [0.25, 0.3) is 5.91 Å². The van der Waals surface area contributed by atoms with Gasteiger partial charge in [-0.25, -0.2) is 4.98 Å². The molecule has 0 N–H and O–H groups in total. The summed E-state index contributed by atoms with van der Waals surface area (Å²) in [7, 11) is 3.28. The van der Waals surface area contributed by atoms with Crippen molar-refractivity contribution in [2.75, 3.05) is 20.8 Å². The van der Waals surface area contributed by atoms with Crippen LogP contribution in [0.2, 0.25) is 0 Å². The Hall–Kier alpha value is -3.38. The van der Waals surface area contributed by atoms with E-state index in [0.717, 1.165) is 27.8 Å². The molecule has 6 heteroatoms. The number of ether oxygens (including phenoxy) is 2. The van der Waals surface area contributed by atoms with Gasteiger partial charge in [-0.05, 0) is 53.4 Å². The summed E-state index contributed by atoms with van der Waals surface area (Å²) in [4.78, 5) is 20.0. The fourth-order valence-electron chi connectivity index (χ4n) is 4.31. The molecule has 0 unspecified atom stereocenters. The van der Waals surface area contributed by atoms with Crippen LogP contribution in [0.15, 0.2) is 66.2 Å². The summed E-state index contributed by atoms with van der Waals surface area (Å²) in [6.45, 7) is 0.627. The highest BCUT2D eigenvalue weighted by atomic mass is 32.1. The molecule has 1 aromatic heterocycles. The molecule has 1 atom stereocenters. The van der Waals surface area contributed by atoms with Crippen molar-refractivity contribution in [3.05, 3.63) is 88.4 Å². The first-order valence-corrected chi connectivity index (χ1v) is 11.0. The Morgan fingerprint density at radius 1 is 1.03 bits per heavy atom. The maximum Gasteiger partial charge on any atom is 0.254 e. The number of carbonyl (C=O) groups is 1. The molecule has 1 amide bonds. The van der Waals surface area contributed by atoms with Crippen molar-refractivity contribution < 1.29 is 14.3 Å². The average molecular weight is 431 g/mol. The summed E-state index contributed by atoms with van der Waals surface area (Å²) in [5, 5.41) is 0. The second-order valence-electron chi connectivity index (χ2n) is 7.50. The van der Waals surface area contributed by atoms with E-state index in [-0.39, 0.29) is 11.9 Å². The third kappa shape index (κ3) is 3.43. The van der Waals surface area contributed by atoms with Crippen LogP contribution in [-0.4, -0.2) is 36.6 Å². The van der Waals surface area contributed by atoms with Crippen LogP contribution in [0.3, 0.4) is 0 Å². The SMILES string of the molecule is COc1cc2c(cc1OC)[C@@H](c1ccccc1)N(C(=O)c1ccc3ncsc3c1)CC2. The molecule has 4 aromatic rings. The van der Waals surface area contributed by atoms with Crippen molar-refractivity contribution >= 4 is 27.5 Å². The molecule has 2 heterocycles. The number of hydrogen-bond donors (Lipinski definition) is 0. The normalized spacial score (nSPS) is 15.5. The van der Waals surface area contributed by atoms with Gasteiger partial charge in [0, 0.05) is 12.1 Å². The predicted octanol–water partition coefficient (Wildman–Crippen LogP) is 5.10. The maximum atomic E-state index is 13.7. The van der Waals surface area contributed by atoms with Crippen LogP contribution >= 0.6 is 11.3 Å². The molecule has 3 aromatic carbocycles. The summed E-state index contributed by atoms with van der Waals surface area (Å²) in [5.41, 5.74) is 6.73. The zero-order valence-corrected chi connectivity index (χ0v) is 18.2. The van der Waals surface area contributed by atoms with Gasteiger partial charge in [-0.1, -0.05) is 30.3 Å². The smallest absolute Gasteiger partial charge is 0.254 e. The van der Waals surface area contributed by atoms with Crippen LogP contribution < -0.4 is 9.47 Å². The van der Waals surface area contributed by atoms with Crippen LogP contribution in [0.25, 0.3) is 10.2 Å². The van der Waals surface area contributed by atoms with Crippen molar-refractivity contribution in [3.63, 3.8) is 0 Å². The van der Waals surface area contributed by atoms with Crippen molar-refractivity contribution in [2.24, 2.45) is 0 Å². The minimum Gasteiger partial charge on any atom is -0.493 e. The van der Waals surface area contributed by atoms with Gasteiger partial charge in [0.15, 0.2) is 11.5 Å². The molecule has 0 aliphatic carbocycles. The minimum atomic E-state index is -0.200. The molecule has 156 valence electrons. The van der Waals surface area contributed by atoms with Crippen LogP contribution in [0.1, 0.15) is 33.1 Å². The van der Waals surface area contributed by atoms with Crippen molar-refractivity contribution in [2.45, 2.75) is 12.5 Å². The standard InChI is InChI=1S/C25H22N2O3S/c1-29-21-12-17-10-11-27(25(28)18-8-9-20-23(13-18)31-15-26-20)24(16-6-4-3-5-7-16)19(17)14-22(21)30-2/h3-9,12-15,24H,10-11H2,1-2H3/t24-/m1/s1. The van der Waals surface area contributed by atoms with E-state index in [1.165, 1.54) is 5.56 Å². The lowest BCUT2D eigenvalue weighted by atomic mass is 9.87. The summed E-state index contributed by atoms with van der Waals surface area (Å²) in [5.74, 6) is 1.40. The molecule has 0 saturated carbocycles. The van der Waals surface area contributed by atoms with Crippen LogP contribution in [-0.2, 0) is 6.42 Å². The number of benzene rings is 3. The van der Waals surface area contributed by atoms with Gasteiger partial charge in [0.05, 0.1) is 36.0 Å². The number of aromatic nitrogens is 1. The number of rotatable bonds is 4. The third-order valence-corrected chi connectivity index (χ3v) is 6.62. The highest BCUT2D eigenvalue weighted by Gasteiger charge is 2.33. The number of hydrogen-bond acceptors (Lipinski definition) is 5. The first kappa shape index (κ1) is 19.6. The highest BCUT2D eigenvalue weighted by Crippen LogP contribution is 2.41. The van der Waals surface area contributed by atoms with E-state index in [0.29, 0.717) is 23.6 Å². The molecule has 0 bridgehead atoms. The van der Waals surface area contributed by atoms with E-state index in [1.54, 1.807) is 25.6 Å². The largest absolute Gasteiger partial charge is 0.493 e. The number of nitrogens with zero attached hydrogens (tertiary/aromatic N) is 2. The van der Waals surface area contributed by atoms with E-state index >= 15 is 0 Å². The molecule has 1 aliphatic rings. The van der Waals surface area contributed by atoms with Gasteiger partial charge < -0.3 is 14.4 Å². The molecule has 5 nitrogen and oxygen atoms in total. The molecule has 1 aliphatic heterocycles. The molecule has 0 radical (unpaired) electrons. The Bertz CT molecular complexity index is 1250. The molecule has 0 spiro atoms. The van der Waals surface area contributed by atoms with Crippen LogP contribution in [0.4, 0.5) is 0 Å². The Labute approximate surface area is 184 Å². The summed E-state index contributed by atoms with van der Waals surface area (Å²) >= 11 is 1.55. The number of fused-ring (bicyclic) bond motifs is 2. The van der Waals surface area contributed by atoms with Gasteiger partial charge in [-0.15, -0.1) is 11.3 Å². The molecular weight excluding hydrogens is 408 g/mol. The molecule has 0 saturated heterocycles. The zero-order valence-electron chi connectivity index (χ0n) is 17.4. The molecular formula is C25H22N2O3S. The third-order valence-electron chi connectivity index (χ3n) is 5.83. The fraction of sp³-hybridized carbons (Fsp3) is 0.200. The second-order valence-corrected chi connectivity index (χ2v) is 8.39. The minimum absolute atomic E-state index is 0.0181. The Morgan fingerprint density at radius 3 is 2.58 bits per heavy atom. The van der Waals surface area contributed by atoms with Crippen molar-refractivity contribution in [1.82, 2.24) is 9.88 Å². The summed E-state index contributed by atoms with van der Waals surface area (Å²) < 4.78 is 12.1. The topological polar surface area (TPSA) is 51.7 Å². The quantitative estimate of drug-likeness (QED) is 0.452. The van der Waals surface area contributed by atoms with E-state index in [1.807, 2.05) is 58.9 Å². The van der Waals surface area contributed by atoms with Crippen LogP contribution in [0, 0.1) is 0 Å². The lowest BCUT2D eigenvalue weighted by molar-refractivity contribution is 0.0694. The van der Waals surface area contributed by atoms with E-state index < -0.39 is 0 Å². The van der Waals surface area contributed by atoms with Crippen molar-refractivity contribution in [1.29, 1.82) is 0 Å². The second kappa shape index (κ2) is 8.04. The maximum absolute atomic E-state index is 13.7. The highest BCUT2D eigenvalue weighted by molar-refractivity contribution is 7.16. The lowest BCUT2D eigenvalue weighted by Crippen LogP contribution is -2.40. The summed E-state index contributed by atoms with van der Waals surface area (Å²) in [6, 6.07) is 19.7.